The summed E-state index contributed by atoms with van der Waals surface area (Å²) in [6, 6.07) is 8.63. The molecule has 0 aliphatic carbocycles. The smallest absolute Gasteiger partial charge is 0.408 e. The average molecular weight is 334 g/mol. The highest BCUT2D eigenvalue weighted by molar-refractivity contribution is 5.93. The molecule has 1 aromatic carbocycles. The number of esters is 1. The zero-order chi connectivity index (χ0) is 17.7. The summed E-state index contributed by atoms with van der Waals surface area (Å²) in [5, 5.41) is 2.70. The van der Waals surface area contributed by atoms with Crippen molar-refractivity contribution in [2.24, 2.45) is 4.99 Å². The van der Waals surface area contributed by atoms with Gasteiger partial charge in [-0.25, -0.2) is 14.6 Å². The molecular weight excluding hydrogens is 312 g/mol. The molecule has 0 bridgehead atoms. The number of hydrogen-bond acceptors (Lipinski definition) is 6. The summed E-state index contributed by atoms with van der Waals surface area (Å²) in [5.41, 5.74) is -0.0237. The zero-order valence-electron chi connectivity index (χ0n) is 14.2. The van der Waals surface area contributed by atoms with Crippen LogP contribution >= 0.6 is 0 Å². The maximum atomic E-state index is 12.0. The van der Waals surface area contributed by atoms with Gasteiger partial charge in [-0.3, -0.25) is 0 Å². The van der Waals surface area contributed by atoms with Gasteiger partial charge in [-0.2, -0.15) is 0 Å². The quantitative estimate of drug-likeness (QED) is 0.833. The second-order valence-electron chi connectivity index (χ2n) is 6.04. The molecule has 0 radical (unpaired) electrons. The molecule has 2 rings (SSSR count). The number of rotatable bonds is 5. The topological polar surface area (TPSA) is 86.2 Å². The maximum Gasteiger partial charge on any atom is 0.408 e. The van der Waals surface area contributed by atoms with Crippen LogP contribution in [0.3, 0.4) is 0 Å². The number of carbonyl (C=O) groups is 2. The Labute approximate surface area is 141 Å². The van der Waals surface area contributed by atoms with Crippen LogP contribution in [0.2, 0.25) is 0 Å². The molecule has 1 N–H and O–H groups in total. The molecule has 7 heteroatoms. The highest BCUT2D eigenvalue weighted by atomic mass is 16.6. The first-order valence-electron chi connectivity index (χ1n) is 7.65. The summed E-state index contributed by atoms with van der Waals surface area (Å²) in [6.07, 6.45) is -1.04. The van der Waals surface area contributed by atoms with Gasteiger partial charge >= 0.3 is 12.1 Å². The molecule has 1 heterocycles. The zero-order valence-corrected chi connectivity index (χ0v) is 14.2. The van der Waals surface area contributed by atoms with Crippen molar-refractivity contribution in [1.29, 1.82) is 0 Å². The van der Waals surface area contributed by atoms with E-state index in [1.54, 1.807) is 20.8 Å². The van der Waals surface area contributed by atoms with E-state index in [1.807, 2.05) is 30.3 Å². The van der Waals surface area contributed by atoms with Crippen molar-refractivity contribution in [2.45, 2.75) is 45.1 Å². The minimum absolute atomic E-state index is 0.164. The SMILES string of the molecule is COC(=O)[C@H]1N=C(C(C)(C)NC(=O)OCc2ccccc2)O[C@H]1C. The van der Waals surface area contributed by atoms with Crippen molar-refractivity contribution in [2.75, 3.05) is 7.11 Å². The number of nitrogens with zero attached hydrogens (tertiary/aromatic N) is 1. The molecule has 24 heavy (non-hydrogen) atoms. The Balaban J connectivity index is 1.95. The van der Waals surface area contributed by atoms with Crippen molar-refractivity contribution in [3.63, 3.8) is 0 Å². The normalized spacial score (nSPS) is 19.9. The van der Waals surface area contributed by atoms with E-state index >= 15 is 0 Å². The lowest BCUT2D eigenvalue weighted by Crippen LogP contribution is -2.50. The Kier molecular flexibility index (Phi) is 5.43. The molecule has 0 spiro atoms. The summed E-state index contributed by atoms with van der Waals surface area (Å²) in [5.74, 6) is -0.206. The summed E-state index contributed by atoms with van der Waals surface area (Å²) in [4.78, 5) is 27.9. The molecule has 0 fully saturated rings. The molecule has 1 aliphatic rings. The lowest BCUT2D eigenvalue weighted by Gasteiger charge is -2.25. The number of carbonyl (C=O) groups excluding carboxylic acids is 2. The number of hydrogen-bond donors (Lipinski definition) is 1. The molecule has 0 saturated carbocycles. The predicted octanol–water partition coefficient (Wildman–Crippen LogP) is 2.05. The van der Waals surface area contributed by atoms with Crippen molar-refractivity contribution in [3.8, 4) is 0 Å². The summed E-state index contributed by atoms with van der Waals surface area (Å²) in [6.45, 7) is 5.34. The molecule has 7 nitrogen and oxygen atoms in total. The van der Waals surface area contributed by atoms with E-state index in [9.17, 15) is 9.59 Å². The Hall–Kier alpha value is -2.57. The molecule has 0 unspecified atom stereocenters. The Morgan fingerprint density at radius 3 is 2.58 bits per heavy atom. The molecule has 1 aliphatic heterocycles. The van der Waals surface area contributed by atoms with Crippen LogP contribution in [0.15, 0.2) is 35.3 Å². The predicted molar refractivity (Wildman–Crippen MR) is 87.6 cm³/mol. The van der Waals surface area contributed by atoms with Crippen molar-refractivity contribution < 1.29 is 23.8 Å². The van der Waals surface area contributed by atoms with Crippen molar-refractivity contribution in [3.05, 3.63) is 35.9 Å². The van der Waals surface area contributed by atoms with Gasteiger partial charge in [0, 0.05) is 0 Å². The van der Waals surface area contributed by atoms with Crippen LogP contribution < -0.4 is 5.32 Å². The van der Waals surface area contributed by atoms with E-state index in [4.69, 9.17) is 14.2 Å². The van der Waals surface area contributed by atoms with E-state index in [2.05, 4.69) is 10.3 Å². The van der Waals surface area contributed by atoms with E-state index in [0.29, 0.717) is 0 Å². The second kappa shape index (κ2) is 7.33. The van der Waals surface area contributed by atoms with Crippen molar-refractivity contribution >= 4 is 18.0 Å². The fourth-order valence-electron chi connectivity index (χ4n) is 2.24. The maximum absolute atomic E-state index is 12.0. The van der Waals surface area contributed by atoms with E-state index in [0.717, 1.165) is 5.56 Å². The van der Waals surface area contributed by atoms with Gasteiger partial charge in [0.2, 0.25) is 5.90 Å². The minimum Gasteiger partial charge on any atom is -0.473 e. The van der Waals surface area contributed by atoms with E-state index in [1.165, 1.54) is 7.11 Å². The number of amides is 1. The van der Waals surface area contributed by atoms with Crippen LogP contribution in [0.5, 0.6) is 0 Å². The van der Waals surface area contributed by atoms with Crippen LogP contribution in [-0.4, -0.2) is 42.8 Å². The fraction of sp³-hybridized carbons (Fsp3) is 0.471. The number of methoxy groups -OCH3 is 1. The Bertz CT molecular complexity index is 627. The van der Waals surface area contributed by atoms with Crippen LogP contribution in [0.1, 0.15) is 26.3 Å². The highest BCUT2D eigenvalue weighted by Gasteiger charge is 2.41. The van der Waals surface area contributed by atoms with Crippen LogP contribution in [0.4, 0.5) is 4.79 Å². The molecule has 1 aromatic rings. The first kappa shape index (κ1) is 17.8. The molecule has 1 amide bonds. The molecule has 130 valence electrons. The largest absolute Gasteiger partial charge is 0.473 e. The van der Waals surface area contributed by atoms with Gasteiger partial charge in [0.25, 0.3) is 0 Å². The molecular formula is C17H22N2O5. The van der Waals surface area contributed by atoms with Crippen LogP contribution in [0.25, 0.3) is 0 Å². The number of nitrogens with one attached hydrogen (secondary N) is 1. The summed E-state index contributed by atoms with van der Waals surface area (Å²) >= 11 is 0. The Morgan fingerprint density at radius 2 is 1.96 bits per heavy atom. The summed E-state index contributed by atoms with van der Waals surface area (Å²) < 4.78 is 15.5. The monoisotopic (exact) mass is 334 g/mol. The van der Waals surface area contributed by atoms with E-state index < -0.39 is 29.7 Å². The molecule has 0 saturated heterocycles. The third-order valence-electron chi connectivity index (χ3n) is 3.60. The minimum atomic E-state index is -0.912. The second-order valence-corrected chi connectivity index (χ2v) is 6.04. The standard InChI is InChI=1S/C17H22N2O5/c1-11-13(14(20)22-4)18-15(24-11)17(2,3)19-16(21)23-10-12-8-6-5-7-9-12/h5-9,11,13H,10H2,1-4H3,(H,19,21)/t11-,13-/m0/s1. The van der Waals surface area contributed by atoms with Crippen LogP contribution in [-0.2, 0) is 25.6 Å². The van der Waals surface area contributed by atoms with Gasteiger partial charge in [0.15, 0.2) is 6.04 Å². The average Bonchev–Trinajstić information content (AvgIpc) is 2.95. The van der Waals surface area contributed by atoms with Gasteiger partial charge in [0.05, 0.1) is 7.11 Å². The number of ether oxygens (including phenoxy) is 3. The summed E-state index contributed by atoms with van der Waals surface area (Å²) in [7, 11) is 1.30. The first-order chi connectivity index (χ1) is 11.3. The van der Waals surface area contributed by atoms with Crippen molar-refractivity contribution in [1.82, 2.24) is 5.32 Å². The van der Waals surface area contributed by atoms with Gasteiger partial charge in [-0.1, -0.05) is 30.3 Å². The van der Waals surface area contributed by atoms with Gasteiger partial charge < -0.3 is 19.5 Å². The third-order valence-corrected chi connectivity index (χ3v) is 3.60. The van der Waals surface area contributed by atoms with Crippen LogP contribution in [0, 0.1) is 0 Å². The number of alkyl carbamates (subject to hydrolysis) is 1. The Morgan fingerprint density at radius 1 is 1.29 bits per heavy atom. The first-order valence-corrected chi connectivity index (χ1v) is 7.65. The van der Waals surface area contributed by atoms with Gasteiger partial charge in [-0.05, 0) is 26.3 Å². The lowest BCUT2D eigenvalue weighted by atomic mass is 10.1. The van der Waals surface area contributed by atoms with Gasteiger partial charge in [-0.15, -0.1) is 0 Å². The molecule has 2 atom stereocenters. The number of aliphatic imine (C=N–C) groups is 1. The molecule has 0 aromatic heterocycles. The fourth-order valence-corrected chi connectivity index (χ4v) is 2.24. The highest BCUT2D eigenvalue weighted by Crippen LogP contribution is 2.21. The van der Waals surface area contributed by atoms with E-state index in [-0.39, 0.29) is 12.5 Å². The van der Waals surface area contributed by atoms with Gasteiger partial charge in [0.1, 0.15) is 18.2 Å². The third kappa shape index (κ3) is 4.24. The number of benzene rings is 1. The lowest BCUT2D eigenvalue weighted by molar-refractivity contribution is -0.143.